The monoisotopic (exact) mass is 275 g/mol. The molecule has 1 aliphatic carbocycles. The van der Waals surface area contributed by atoms with Crippen LogP contribution in [0.1, 0.15) is 62.6 Å². The van der Waals surface area contributed by atoms with Gasteiger partial charge in [-0.15, -0.1) is 0 Å². The molecule has 3 nitrogen and oxygen atoms in total. The number of hydrogen-bond acceptors (Lipinski definition) is 3. The summed E-state index contributed by atoms with van der Waals surface area (Å²) < 4.78 is 0. The van der Waals surface area contributed by atoms with E-state index in [0.717, 1.165) is 29.5 Å². The highest BCUT2D eigenvalue weighted by Gasteiger charge is 2.32. The van der Waals surface area contributed by atoms with Crippen LogP contribution in [0, 0.1) is 0 Å². The van der Waals surface area contributed by atoms with Gasteiger partial charge in [0.1, 0.15) is 5.75 Å². The van der Waals surface area contributed by atoms with E-state index in [0.29, 0.717) is 12.2 Å². The lowest BCUT2D eigenvalue weighted by atomic mass is 9.70. The SMILES string of the molecule is CCc1cc(CC(=O)[O-])cc(C2(C)CCCCC2)c1O. The van der Waals surface area contributed by atoms with Crippen LogP contribution in [0.4, 0.5) is 0 Å². The molecule has 0 heterocycles. The zero-order valence-electron chi connectivity index (χ0n) is 12.4. The minimum atomic E-state index is -1.07. The van der Waals surface area contributed by atoms with Gasteiger partial charge in [-0.3, -0.25) is 0 Å². The average molecular weight is 275 g/mol. The topological polar surface area (TPSA) is 60.4 Å². The number of aliphatic carboxylic acids is 1. The van der Waals surface area contributed by atoms with Gasteiger partial charge in [-0.05, 0) is 35.8 Å². The first-order chi connectivity index (χ1) is 9.46. The van der Waals surface area contributed by atoms with Gasteiger partial charge < -0.3 is 15.0 Å². The van der Waals surface area contributed by atoms with Gasteiger partial charge in [0.05, 0.1) is 0 Å². The molecule has 0 atom stereocenters. The Morgan fingerprint density at radius 2 is 1.95 bits per heavy atom. The summed E-state index contributed by atoms with van der Waals surface area (Å²) >= 11 is 0. The molecule has 1 fully saturated rings. The van der Waals surface area contributed by atoms with Gasteiger partial charge in [0.15, 0.2) is 0 Å². The molecule has 0 aliphatic heterocycles. The normalized spacial score (nSPS) is 17.9. The van der Waals surface area contributed by atoms with Crippen molar-refractivity contribution in [1.82, 2.24) is 0 Å². The fourth-order valence-corrected chi connectivity index (χ4v) is 3.36. The number of carbonyl (C=O) groups excluding carboxylic acids is 1. The van der Waals surface area contributed by atoms with E-state index in [-0.39, 0.29) is 11.8 Å². The number of carboxylic acid groups (broad SMARTS) is 1. The largest absolute Gasteiger partial charge is 0.550 e. The Morgan fingerprint density at radius 3 is 2.50 bits per heavy atom. The number of hydrogen-bond donors (Lipinski definition) is 1. The van der Waals surface area contributed by atoms with Crippen LogP contribution in [0.5, 0.6) is 5.75 Å². The van der Waals surface area contributed by atoms with E-state index >= 15 is 0 Å². The molecule has 1 N–H and O–H groups in total. The predicted octanol–water partition coefficient (Wildman–Crippen LogP) is 2.47. The Kier molecular flexibility index (Phi) is 4.36. The number of phenolic OH excluding ortho intramolecular Hbond substituents is 1. The Bertz CT molecular complexity index is 499. The van der Waals surface area contributed by atoms with Gasteiger partial charge in [-0.25, -0.2) is 0 Å². The summed E-state index contributed by atoms with van der Waals surface area (Å²) in [5, 5.41) is 21.3. The molecule has 1 aromatic carbocycles. The third-order valence-corrected chi connectivity index (χ3v) is 4.59. The molecule has 0 amide bonds. The molecule has 1 saturated carbocycles. The number of aromatic hydroxyl groups is 1. The van der Waals surface area contributed by atoms with Crippen LogP contribution in [0.3, 0.4) is 0 Å². The second kappa shape index (κ2) is 5.86. The molecular formula is C17H23O3-. The summed E-state index contributed by atoms with van der Waals surface area (Å²) in [6, 6.07) is 3.66. The van der Waals surface area contributed by atoms with Crippen LogP contribution >= 0.6 is 0 Å². The van der Waals surface area contributed by atoms with Crippen molar-refractivity contribution < 1.29 is 15.0 Å². The first-order valence-electron chi connectivity index (χ1n) is 7.51. The van der Waals surface area contributed by atoms with Gasteiger partial charge in [0.25, 0.3) is 0 Å². The lowest BCUT2D eigenvalue weighted by Crippen LogP contribution is -2.27. The lowest BCUT2D eigenvalue weighted by Gasteiger charge is -2.35. The summed E-state index contributed by atoms with van der Waals surface area (Å²) in [6.45, 7) is 4.16. The van der Waals surface area contributed by atoms with E-state index in [1.54, 1.807) is 6.07 Å². The predicted molar refractivity (Wildman–Crippen MR) is 76.6 cm³/mol. The zero-order valence-corrected chi connectivity index (χ0v) is 12.4. The van der Waals surface area contributed by atoms with E-state index in [4.69, 9.17) is 0 Å². The summed E-state index contributed by atoms with van der Waals surface area (Å²) in [4.78, 5) is 10.8. The molecule has 0 bridgehead atoms. The van der Waals surface area contributed by atoms with Crippen molar-refractivity contribution in [2.24, 2.45) is 0 Å². The van der Waals surface area contributed by atoms with E-state index in [1.807, 2.05) is 13.0 Å². The first-order valence-corrected chi connectivity index (χ1v) is 7.51. The van der Waals surface area contributed by atoms with Gasteiger partial charge in [-0.1, -0.05) is 45.2 Å². The highest BCUT2D eigenvalue weighted by molar-refractivity contribution is 5.68. The minimum absolute atomic E-state index is 0.0335. The maximum atomic E-state index is 10.8. The third-order valence-electron chi connectivity index (χ3n) is 4.59. The average Bonchev–Trinajstić information content (AvgIpc) is 2.40. The number of carbonyl (C=O) groups is 1. The molecule has 3 heteroatoms. The maximum absolute atomic E-state index is 10.8. The van der Waals surface area contributed by atoms with Crippen LogP contribution in [-0.4, -0.2) is 11.1 Å². The smallest absolute Gasteiger partial charge is 0.122 e. The molecule has 0 unspecified atom stereocenters. The quantitative estimate of drug-likeness (QED) is 0.918. The number of phenols is 1. The van der Waals surface area contributed by atoms with E-state index < -0.39 is 5.97 Å². The number of benzene rings is 1. The summed E-state index contributed by atoms with van der Waals surface area (Å²) in [7, 11) is 0. The van der Waals surface area contributed by atoms with E-state index in [1.165, 1.54) is 19.3 Å². The maximum Gasteiger partial charge on any atom is 0.122 e. The number of aryl methyl sites for hydroxylation is 1. The molecule has 20 heavy (non-hydrogen) atoms. The second-order valence-electron chi connectivity index (χ2n) is 6.17. The van der Waals surface area contributed by atoms with Crippen molar-refractivity contribution in [1.29, 1.82) is 0 Å². The fourth-order valence-electron chi connectivity index (χ4n) is 3.36. The van der Waals surface area contributed by atoms with Crippen molar-refractivity contribution >= 4 is 5.97 Å². The van der Waals surface area contributed by atoms with Crippen molar-refractivity contribution in [2.45, 2.75) is 64.2 Å². The van der Waals surface area contributed by atoms with E-state index in [9.17, 15) is 15.0 Å². The molecule has 0 spiro atoms. The standard InChI is InChI=1S/C17H24O3/c1-3-13-9-12(11-15(18)19)10-14(16(13)20)17(2)7-5-4-6-8-17/h9-10,20H,3-8,11H2,1-2H3,(H,18,19)/p-1. The summed E-state index contributed by atoms with van der Waals surface area (Å²) in [5.74, 6) is -0.712. The van der Waals surface area contributed by atoms with Gasteiger partial charge in [-0.2, -0.15) is 0 Å². The van der Waals surface area contributed by atoms with Crippen LogP contribution in [0.15, 0.2) is 12.1 Å². The lowest BCUT2D eigenvalue weighted by molar-refractivity contribution is -0.304. The van der Waals surface area contributed by atoms with Crippen molar-refractivity contribution in [3.63, 3.8) is 0 Å². The molecule has 0 aromatic heterocycles. The molecule has 0 radical (unpaired) electrons. The van der Waals surface area contributed by atoms with Crippen LogP contribution in [0.25, 0.3) is 0 Å². The van der Waals surface area contributed by atoms with E-state index in [2.05, 4.69) is 6.92 Å². The van der Waals surface area contributed by atoms with Gasteiger partial charge in [0.2, 0.25) is 0 Å². The van der Waals surface area contributed by atoms with Crippen LogP contribution in [-0.2, 0) is 23.1 Å². The van der Waals surface area contributed by atoms with Crippen LogP contribution in [0.2, 0.25) is 0 Å². The third kappa shape index (κ3) is 2.97. The zero-order chi connectivity index (χ0) is 14.8. The van der Waals surface area contributed by atoms with Gasteiger partial charge in [0, 0.05) is 18.0 Å². The molecular weight excluding hydrogens is 252 g/mol. The Balaban J connectivity index is 2.46. The van der Waals surface area contributed by atoms with Crippen molar-refractivity contribution in [3.8, 4) is 5.75 Å². The Morgan fingerprint density at radius 1 is 1.30 bits per heavy atom. The van der Waals surface area contributed by atoms with Gasteiger partial charge >= 0.3 is 0 Å². The second-order valence-corrected chi connectivity index (χ2v) is 6.17. The number of carboxylic acids is 1. The number of rotatable bonds is 4. The Hall–Kier alpha value is -1.51. The van der Waals surface area contributed by atoms with Crippen molar-refractivity contribution in [2.75, 3.05) is 0 Å². The molecule has 0 saturated heterocycles. The summed E-state index contributed by atoms with van der Waals surface area (Å²) in [5.41, 5.74) is 2.47. The van der Waals surface area contributed by atoms with Crippen molar-refractivity contribution in [3.05, 3.63) is 28.8 Å². The molecule has 1 aromatic rings. The molecule has 1 aliphatic rings. The van der Waals surface area contributed by atoms with Crippen LogP contribution < -0.4 is 5.11 Å². The highest BCUT2D eigenvalue weighted by Crippen LogP contribution is 2.44. The highest BCUT2D eigenvalue weighted by atomic mass is 16.4. The summed E-state index contributed by atoms with van der Waals surface area (Å²) in [6.07, 6.45) is 6.31. The minimum Gasteiger partial charge on any atom is -0.550 e. The fraction of sp³-hybridized carbons (Fsp3) is 0.588. The molecule has 2 rings (SSSR count). The molecule has 110 valence electrons. The first kappa shape index (κ1) is 14.9. The Labute approximate surface area is 120 Å².